The number of likely N-dealkylation sites (tertiary alicyclic amines) is 1. The van der Waals surface area contributed by atoms with Crippen molar-refractivity contribution in [3.63, 3.8) is 0 Å². The third kappa shape index (κ3) is 3.71. The van der Waals surface area contributed by atoms with Crippen LogP contribution in [0.2, 0.25) is 0 Å². The summed E-state index contributed by atoms with van der Waals surface area (Å²) in [5.41, 5.74) is 3.63. The normalized spacial score (nSPS) is 14.7. The molecule has 0 radical (unpaired) electrons. The molecule has 1 aliphatic rings. The Morgan fingerprint density at radius 1 is 1.04 bits per heavy atom. The molecule has 1 saturated heterocycles. The van der Waals surface area contributed by atoms with Gasteiger partial charge in [0.25, 0.3) is 5.91 Å². The fourth-order valence-electron chi connectivity index (χ4n) is 3.77. The number of piperidine rings is 1. The minimum Gasteiger partial charge on any atom is -0.371 e. The van der Waals surface area contributed by atoms with Crippen molar-refractivity contribution in [2.75, 3.05) is 25.5 Å². The first kappa shape index (κ1) is 18.1. The van der Waals surface area contributed by atoms with Crippen LogP contribution in [-0.4, -0.2) is 45.9 Å². The van der Waals surface area contributed by atoms with E-state index in [1.165, 1.54) is 5.56 Å². The van der Waals surface area contributed by atoms with Gasteiger partial charge in [0.05, 0.1) is 0 Å². The van der Waals surface area contributed by atoms with E-state index in [-0.39, 0.29) is 5.91 Å². The van der Waals surface area contributed by atoms with Crippen molar-refractivity contribution < 1.29 is 4.79 Å². The highest BCUT2D eigenvalue weighted by Gasteiger charge is 2.24. The highest BCUT2D eigenvalue weighted by Crippen LogP contribution is 2.29. The van der Waals surface area contributed by atoms with Crippen molar-refractivity contribution in [3.05, 3.63) is 72.3 Å². The molecule has 1 fully saturated rings. The summed E-state index contributed by atoms with van der Waals surface area (Å²) in [5, 5.41) is 3.05. The first-order chi connectivity index (χ1) is 13.8. The second kappa shape index (κ2) is 8.17. The number of amides is 1. The highest BCUT2D eigenvalue weighted by molar-refractivity contribution is 5.95. The Kier molecular flexibility index (Phi) is 5.28. The number of nitrogens with one attached hydrogen (secondary N) is 1. The van der Waals surface area contributed by atoms with E-state index in [0.29, 0.717) is 17.3 Å². The molecule has 0 unspecified atom stereocenters. The zero-order valence-corrected chi connectivity index (χ0v) is 15.9. The first-order valence-corrected chi connectivity index (χ1v) is 9.54. The fourth-order valence-corrected chi connectivity index (χ4v) is 3.77. The number of aromatic nitrogens is 3. The zero-order chi connectivity index (χ0) is 19.3. The quantitative estimate of drug-likeness (QED) is 0.757. The van der Waals surface area contributed by atoms with E-state index in [1.54, 1.807) is 12.4 Å². The molecular weight excluding hydrogens is 350 g/mol. The summed E-state index contributed by atoms with van der Waals surface area (Å²) in [6.45, 7) is 1.53. The third-order valence-corrected chi connectivity index (χ3v) is 5.28. The van der Waals surface area contributed by atoms with Gasteiger partial charge in [0.2, 0.25) is 0 Å². The Morgan fingerprint density at radius 2 is 1.79 bits per heavy atom. The molecule has 3 aromatic rings. The van der Waals surface area contributed by atoms with Gasteiger partial charge >= 0.3 is 0 Å². The van der Waals surface area contributed by atoms with Gasteiger partial charge < -0.3 is 10.2 Å². The molecule has 1 amide bonds. The average Bonchev–Trinajstić information content (AvgIpc) is 2.79. The van der Waals surface area contributed by atoms with Gasteiger partial charge in [0.1, 0.15) is 5.69 Å². The van der Waals surface area contributed by atoms with E-state index in [4.69, 9.17) is 0 Å². The summed E-state index contributed by atoms with van der Waals surface area (Å²) in [7, 11) is 1.81. The maximum absolute atomic E-state index is 13.0. The van der Waals surface area contributed by atoms with Gasteiger partial charge in [-0.2, -0.15) is 0 Å². The van der Waals surface area contributed by atoms with Crippen LogP contribution in [0.5, 0.6) is 0 Å². The van der Waals surface area contributed by atoms with Crippen LogP contribution in [0.15, 0.2) is 61.2 Å². The Balaban J connectivity index is 1.49. The monoisotopic (exact) mass is 373 g/mol. The topological polar surface area (TPSA) is 71.0 Å². The first-order valence-electron chi connectivity index (χ1n) is 9.54. The minimum absolute atomic E-state index is 0.0740. The molecule has 0 spiro atoms. The molecule has 28 heavy (non-hydrogen) atoms. The number of carbonyl (C=O) groups excluding carboxylic acids is 1. The highest BCUT2D eigenvalue weighted by atomic mass is 16.2. The van der Waals surface area contributed by atoms with Crippen LogP contribution in [0.3, 0.4) is 0 Å². The Morgan fingerprint density at radius 3 is 2.54 bits per heavy atom. The predicted octanol–water partition coefficient (Wildman–Crippen LogP) is 3.60. The standard InChI is InChI=1S/C22H23N5O/c1-23-21-20(25-11-12-26-21)18-3-2-4-19(15-18)22(28)27-13-7-17(8-14-27)16-5-9-24-10-6-16/h2-6,9-12,15,17H,7-8,13-14H2,1H3,(H,23,26). The van der Waals surface area contributed by atoms with Crippen LogP contribution in [0.1, 0.15) is 34.7 Å². The number of hydrogen-bond donors (Lipinski definition) is 1. The summed E-state index contributed by atoms with van der Waals surface area (Å²) >= 11 is 0. The van der Waals surface area contributed by atoms with Gasteiger partial charge in [-0.25, -0.2) is 4.98 Å². The van der Waals surface area contributed by atoms with E-state index in [9.17, 15) is 4.79 Å². The zero-order valence-electron chi connectivity index (χ0n) is 15.9. The average molecular weight is 373 g/mol. The van der Waals surface area contributed by atoms with Crippen molar-refractivity contribution in [3.8, 4) is 11.3 Å². The summed E-state index contributed by atoms with van der Waals surface area (Å²) in [6.07, 6.45) is 8.94. The van der Waals surface area contributed by atoms with Crippen molar-refractivity contribution in [2.24, 2.45) is 0 Å². The molecule has 0 atom stereocenters. The smallest absolute Gasteiger partial charge is 0.253 e. The van der Waals surface area contributed by atoms with E-state index in [0.717, 1.165) is 37.2 Å². The molecule has 142 valence electrons. The molecule has 0 aliphatic carbocycles. The van der Waals surface area contributed by atoms with E-state index in [2.05, 4.69) is 32.4 Å². The van der Waals surface area contributed by atoms with Gasteiger partial charge in [-0.05, 0) is 48.6 Å². The van der Waals surface area contributed by atoms with Crippen molar-refractivity contribution in [2.45, 2.75) is 18.8 Å². The maximum atomic E-state index is 13.0. The maximum Gasteiger partial charge on any atom is 0.253 e. The predicted molar refractivity (Wildman–Crippen MR) is 109 cm³/mol. The van der Waals surface area contributed by atoms with Crippen LogP contribution in [0, 0.1) is 0 Å². The molecule has 1 aliphatic heterocycles. The summed E-state index contributed by atoms with van der Waals surface area (Å²) in [5.74, 6) is 1.27. The van der Waals surface area contributed by atoms with Crippen molar-refractivity contribution >= 4 is 11.7 Å². The number of benzene rings is 1. The lowest BCUT2D eigenvalue weighted by Crippen LogP contribution is -2.37. The molecule has 6 heteroatoms. The van der Waals surface area contributed by atoms with Crippen LogP contribution >= 0.6 is 0 Å². The number of nitrogens with zero attached hydrogens (tertiary/aromatic N) is 4. The van der Waals surface area contributed by atoms with Crippen LogP contribution in [0.25, 0.3) is 11.3 Å². The van der Waals surface area contributed by atoms with E-state index < -0.39 is 0 Å². The summed E-state index contributed by atoms with van der Waals surface area (Å²) in [6, 6.07) is 11.8. The molecule has 3 heterocycles. The fraction of sp³-hybridized carbons (Fsp3) is 0.273. The van der Waals surface area contributed by atoms with E-state index >= 15 is 0 Å². The van der Waals surface area contributed by atoms with Crippen molar-refractivity contribution in [1.82, 2.24) is 19.9 Å². The molecule has 0 bridgehead atoms. The van der Waals surface area contributed by atoms with Gasteiger partial charge in [-0.15, -0.1) is 0 Å². The van der Waals surface area contributed by atoms with Crippen LogP contribution in [0.4, 0.5) is 5.82 Å². The summed E-state index contributed by atoms with van der Waals surface area (Å²) in [4.78, 5) is 27.8. The molecule has 0 saturated carbocycles. The number of rotatable bonds is 4. The number of carbonyl (C=O) groups is 1. The molecule has 2 aromatic heterocycles. The van der Waals surface area contributed by atoms with Gasteiger partial charge in [-0.1, -0.05) is 12.1 Å². The molecule has 1 aromatic carbocycles. The molecule has 1 N–H and O–H groups in total. The second-order valence-corrected chi connectivity index (χ2v) is 6.93. The lowest BCUT2D eigenvalue weighted by atomic mass is 9.90. The van der Waals surface area contributed by atoms with Gasteiger partial charge in [-0.3, -0.25) is 14.8 Å². The Labute approximate surface area is 164 Å². The Bertz CT molecular complexity index is 952. The van der Waals surface area contributed by atoms with Gasteiger partial charge in [0, 0.05) is 56.1 Å². The Hall–Kier alpha value is -3.28. The SMILES string of the molecule is CNc1nccnc1-c1cccc(C(=O)N2CCC(c3ccncc3)CC2)c1. The number of pyridine rings is 1. The summed E-state index contributed by atoms with van der Waals surface area (Å²) < 4.78 is 0. The second-order valence-electron chi connectivity index (χ2n) is 6.93. The number of anilines is 1. The molecular formula is C22H23N5O. The van der Waals surface area contributed by atoms with Crippen molar-refractivity contribution in [1.29, 1.82) is 0 Å². The van der Waals surface area contributed by atoms with Crippen LogP contribution in [-0.2, 0) is 0 Å². The number of hydrogen-bond acceptors (Lipinski definition) is 5. The molecule has 4 rings (SSSR count). The lowest BCUT2D eigenvalue weighted by Gasteiger charge is -2.32. The van der Waals surface area contributed by atoms with Crippen LogP contribution < -0.4 is 5.32 Å². The minimum atomic E-state index is 0.0740. The largest absolute Gasteiger partial charge is 0.371 e. The van der Waals surface area contributed by atoms with E-state index in [1.807, 2.05) is 48.6 Å². The third-order valence-electron chi connectivity index (χ3n) is 5.28. The van der Waals surface area contributed by atoms with Gasteiger partial charge in [0.15, 0.2) is 5.82 Å². The molecule has 6 nitrogen and oxygen atoms in total. The lowest BCUT2D eigenvalue weighted by molar-refractivity contribution is 0.0713.